The van der Waals surface area contributed by atoms with Crippen LogP contribution in [0.4, 0.5) is 0 Å². The molecular weight excluding hydrogens is 845 g/mol. The fourth-order valence-electron chi connectivity index (χ4n) is 8.58. The number of rotatable bonds is 9. The molecule has 7 aromatic rings. The summed E-state index contributed by atoms with van der Waals surface area (Å²) >= 11 is 0. The zero-order valence-corrected chi connectivity index (χ0v) is 34.8. The normalized spacial score (nSPS) is 13.6. The fraction of sp³-hybridized carbons (Fsp3) is 0.231. The van der Waals surface area contributed by atoms with Gasteiger partial charge in [-0.25, -0.2) is 0 Å². The molecule has 0 bridgehead atoms. The molecule has 5 aromatic carbocycles. The third-order valence-electron chi connectivity index (χ3n) is 11.6. The van der Waals surface area contributed by atoms with Crippen molar-refractivity contribution in [2.45, 2.75) is 78.1 Å². The number of benzene rings is 5. The van der Waals surface area contributed by atoms with Gasteiger partial charge in [0, 0.05) is 32.5 Å². The average molecular weight is 893 g/mol. The van der Waals surface area contributed by atoms with E-state index in [1.165, 1.54) is 93.3 Å². The minimum Gasteiger partial charge on any atom is -0.305 e. The van der Waals surface area contributed by atoms with Crippen LogP contribution in [0.2, 0.25) is 0 Å². The number of pyridine rings is 2. The first kappa shape index (κ1) is 38.3. The largest absolute Gasteiger partial charge is 0.305 e. The summed E-state index contributed by atoms with van der Waals surface area (Å²) in [5.41, 5.74) is 19.4. The van der Waals surface area contributed by atoms with Gasteiger partial charge in [-0.1, -0.05) is 134 Å². The molecule has 1 saturated carbocycles. The van der Waals surface area contributed by atoms with Gasteiger partial charge >= 0.3 is 0 Å². The second-order valence-corrected chi connectivity index (χ2v) is 15.6. The Hall–Kier alpha value is -4.95. The molecule has 55 heavy (non-hydrogen) atoms. The van der Waals surface area contributed by atoms with E-state index in [0.29, 0.717) is 5.41 Å². The number of hydrogen-bond donors (Lipinski definition) is 0. The molecule has 0 atom stereocenters. The van der Waals surface area contributed by atoms with E-state index >= 15 is 0 Å². The first-order chi connectivity index (χ1) is 26.3. The molecule has 2 heterocycles. The molecule has 1 fully saturated rings. The Morgan fingerprint density at radius 1 is 0.618 bits per heavy atom. The number of hydrogen-bond acceptors (Lipinski definition) is 2. The van der Waals surface area contributed by atoms with Crippen LogP contribution in [0.15, 0.2) is 134 Å². The molecular formula is C52H48IrN2-2. The van der Waals surface area contributed by atoms with Gasteiger partial charge in [-0.15, -0.1) is 65.2 Å². The van der Waals surface area contributed by atoms with Crippen molar-refractivity contribution in [1.82, 2.24) is 9.97 Å². The van der Waals surface area contributed by atoms with Crippen molar-refractivity contribution >= 4 is 0 Å². The van der Waals surface area contributed by atoms with Crippen LogP contribution < -0.4 is 0 Å². The van der Waals surface area contributed by atoms with E-state index in [4.69, 9.17) is 4.98 Å². The average Bonchev–Trinajstić information content (AvgIpc) is 3.21. The van der Waals surface area contributed by atoms with Gasteiger partial charge in [0.05, 0.1) is 0 Å². The first-order valence-electron chi connectivity index (χ1n) is 19.6. The van der Waals surface area contributed by atoms with Crippen LogP contribution in [-0.4, -0.2) is 9.97 Å². The summed E-state index contributed by atoms with van der Waals surface area (Å²) in [6.07, 6.45) is 12.4. The van der Waals surface area contributed by atoms with Gasteiger partial charge in [0.2, 0.25) is 0 Å². The summed E-state index contributed by atoms with van der Waals surface area (Å²) in [7, 11) is 0. The van der Waals surface area contributed by atoms with Gasteiger partial charge in [0.15, 0.2) is 0 Å². The van der Waals surface area contributed by atoms with Gasteiger partial charge in [0.25, 0.3) is 0 Å². The van der Waals surface area contributed by atoms with Crippen molar-refractivity contribution in [3.8, 4) is 55.9 Å². The molecule has 2 aromatic heterocycles. The molecule has 0 saturated heterocycles. The zero-order valence-electron chi connectivity index (χ0n) is 32.4. The Labute approximate surface area is 341 Å². The van der Waals surface area contributed by atoms with Gasteiger partial charge < -0.3 is 9.97 Å². The van der Waals surface area contributed by atoms with Crippen LogP contribution in [0.5, 0.6) is 0 Å². The van der Waals surface area contributed by atoms with Gasteiger partial charge in [0.1, 0.15) is 0 Å². The van der Waals surface area contributed by atoms with Gasteiger partial charge in [-0.2, -0.15) is 0 Å². The van der Waals surface area contributed by atoms with E-state index < -0.39 is 0 Å². The maximum atomic E-state index is 4.94. The second-order valence-electron chi connectivity index (χ2n) is 15.6. The monoisotopic (exact) mass is 893 g/mol. The smallest absolute Gasteiger partial charge is 0.0196 e. The number of aromatic nitrogens is 2. The number of nitrogens with zero attached hydrogens (tertiary/aromatic N) is 2. The second kappa shape index (κ2) is 16.8. The summed E-state index contributed by atoms with van der Waals surface area (Å²) in [4.78, 5) is 9.41. The molecule has 3 heteroatoms. The van der Waals surface area contributed by atoms with Crippen molar-refractivity contribution < 1.29 is 20.1 Å². The SMILES string of the molecule is Cc1cc(CCc2c[c-]c(-c3ccccn3)cc2)cc(-c2ccccc2-c2c[c-]c(-c3ncc(C)c(-c4ccc(C5(C)CCCCC5)cc4)c3C)cc2)c1.[Ir]. The minimum absolute atomic E-state index is 0. The van der Waals surface area contributed by atoms with E-state index in [1.54, 1.807) is 0 Å². The molecule has 2 nitrogen and oxygen atoms in total. The third kappa shape index (κ3) is 8.35. The number of aryl methyl sites for hydroxylation is 4. The molecule has 1 aliphatic rings. The fourth-order valence-corrected chi connectivity index (χ4v) is 8.58. The zero-order chi connectivity index (χ0) is 37.1. The van der Waals surface area contributed by atoms with Crippen LogP contribution in [0, 0.1) is 32.9 Å². The van der Waals surface area contributed by atoms with Crippen molar-refractivity contribution in [1.29, 1.82) is 0 Å². The Morgan fingerprint density at radius 3 is 2.00 bits per heavy atom. The Morgan fingerprint density at radius 2 is 1.31 bits per heavy atom. The molecule has 0 N–H and O–H groups in total. The van der Waals surface area contributed by atoms with Gasteiger partial charge in [-0.3, -0.25) is 0 Å². The van der Waals surface area contributed by atoms with Gasteiger partial charge in [-0.05, 0) is 102 Å². The van der Waals surface area contributed by atoms with E-state index in [2.05, 4.69) is 148 Å². The Bertz CT molecular complexity index is 2370. The summed E-state index contributed by atoms with van der Waals surface area (Å²) in [5.74, 6) is 0. The first-order valence-corrected chi connectivity index (χ1v) is 19.6. The summed E-state index contributed by atoms with van der Waals surface area (Å²) in [6, 6.07) is 51.2. The van der Waals surface area contributed by atoms with Crippen molar-refractivity contribution in [2.24, 2.45) is 0 Å². The Balaban J connectivity index is 0.00000465. The molecule has 0 amide bonds. The molecule has 8 rings (SSSR count). The van der Waals surface area contributed by atoms with Crippen LogP contribution in [-0.2, 0) is 38.4 Å². The third-order valence-corrected chi connectivity index (χ3v) is 11.6. The predicted octanol–water partition coefficient (Wildman–Crippen LogP) is 13.3. The van der Waals surface area contributed by atoms with Crippen LogP contribution in [0.3, 0.4) is 0 Å². The molecule has 277 valence electrons. The summed E-state index contributed by atoms with van der Waals surface area (Å²) < 4.78 is 0. The summed E-state index contributed by atoms with van der Waals surface area (Å²) in [6.45, 7) is 9.03. The molecule has 0 unspecified atom stereocenters. The van der Waals surface area contributed by atoms with E-state index in [9.17, 15) is 0 Å². The maximum Gasteiger partial charge on any atom is 0.0196 e. The molecule has 1 aliphatic carbocycles. The van der Waals surface area contributed by atoms with Crippen molar-refractivity contribution in [3.63, 3.8) is 0 Å². The van der Waals surface area contributed by atoms with Crippen LogP contribution in [0.1, 0.15) is 72.4 Å². The topological polar surface area (TPSA) is 25.8 Å². The molecule has 0 aliphatic heterocycles. The minimum atomic E-state index is 0. The predicted molar refractivity (Wildman–Crippen MR) is 225 cm³/mol. The van der Waals surface area contributed by atoms with E-state index in [0.717, 1.165) is 40.9 Å². The maximum absolute atomic E-state index is 4.94. The van der Waals surface area contributed by atoms with Crippen LogP contribution in [0.25, 0.3) is 55.9 Å². The van der Waals surface area contributed by atoms with E-state index in [-0.39, 0.29) is 20.1 Å². The molecule has 0 spiro atoms. The Kier molecular flexibility index (Phi) is 11.7. The van der Waals surface area contributed by atoms with Crippen molar-refractivity contribution in [2.75, 3.05) is 0 Å². The van der Waals surface area contributed by atoms with Crippen LogP contribution >= 0.6 is 0 Å². The van der Waals surface area contributed by atoms with Crippen molar-refractivity contribution in [3.05, 3.63) is 179 Å². The standard InChI is InChI=1S/C52H48N2.Ir/c1-36-32-40(16-15-39-17-19-42(20-18-39)49-14-8-11-31-53-49)34-45(33-36)48-13-7-6-12-47(48)41-21-23-44(24-22-41)51-38(3)50(37(2)35-54-51)43-25-27-46(28-26-43)52(4)29-9-5-10-30-52;/h6-8,11-14,17-19,21-23,25-28,31-35H,5,9-10,15-16,29-30H2,1-4H3;/q-2;. The summed E-state index contributed by atoms with van der Waals surface area (Å²) in [5, 5.41) is 0. The quantitative estimate of drug-likeness (QED) is 0.135. The van der Waals surface area contributed by atoms with E-state index in [1.807, 2.05) is 30.6 Å². The molecule has 1 radical (unpaired) electrons.